The van der Waals surface area contributed by atoms with Gasteiger partial charge in [-0.2, -0.15) is 13.2 Å². The van der Waals surface area contributed by atoms with Crippen LogP contribution in [0.25, 0.3) is 11.1 Å². The second-order valence-electron chi connectivity index (χ2n) is 7.12. The molecule has 2 N–H and O–H groups in total. The molecule has 0 bridgehead atoms. The van der Waals surface area contributed by atoms with Crippen molar-refractivity contribution in [2.24, 2.45) is 0 Å². The Balaban J connectivity index is 1.36. The number of amides is 1. The molecule has 4 rings (SSSR count). The lowest BCUT2D eigenvalue weighted by Gasteiger charge is -2.18. The Hall–Kier alpha value is -3.36. The molecular weight excluding hydrogens is 400 g/mol. The maximum absolute atomic E-state index is 13.1. The predicted molar refractivity (Wildman–Crippen MR) is 104 cm³/mol. The first-order valence-electron chi connectivity index (χ1n) is 9.33. The first kappa shape index (κ1) is 19.9. The van der Waals surface area contributed by atoms with Crippen LogP contribution in [-0.4, -0.2) is 35.0 Å². The summed E-state index contributed by atoms with van der Waals surface area (Å²) < 4.78 is 51.1. The molecule has 30 heavy (non-hydrogen) atoms. The van der Waals surface area contributed by atoms with Gasteiger partial charge in [-0.3, -0.25) is 4.79 Å². The second-order valence-corrected chi connectivity index (χ2v) is 7.12. The van der Waals surface area contributed by atoms with Crippen LogP contribution in [0.5, 0.6) is 0 Å². The molecule has 1 aliphatic heterocycles. The minimum atomic E-state index is -4.42. The zero-order valence-corrected chi connectivity index (χ0v) is 15.7. The van der Waals surface area contributed by atoms with Crippen LogP contribution in [0.4, 0.5) is 23.4 Å². The Labute approximate surface area is 169 Å². The molecule has 1 atom stereocenters. The van der Waals surface area contributed by atoms with Crippen LogP contribution in [0.2, 0.25) is 0 Å². The molecule has 1 aliphatic rings. The summed E-state index contributed by atoms with van der Waals surface area (Å²) in [6, 6.07) is 9.84. The van der Waals surface area contributed by atoms with Crippen molar-refractivity contribution in [2.75, 3.05) is 18.0 Å². The number of carbonyl (C=O) groups excluding carboxylic acids is 1. The maximum Gasteiger partial charge on any atom is 0.417 e. The van der Waals surface area contributed by atoms with E-state index in [1.54, 1.807) is 24.4 Å². The molecule has 3 aromatic rings. The van der Waals surface area contributed by atoms with Crippen molar-refractivity contribution in [3.63, 3.8) is 0 Å². The van der Waals surface area contributed by atoms with Gasteiger partial charge >= 0.3 is 6.18 Å². The van der Waals surface area contributed by atoms with Crippen molar-refractivity contribution in [1.82, 2.24) is 15.3 Å². The third-order valence-electron chi connectivity index (χ3n) is 5.03. The topological polar surface area (TPSA) is 61.0 Å². The number of aromatic nitrogens is 2. The highest BCUT2D eigenvalue weighted by Gasteiger charge is 2.31. The van der Waals surface area contributed by atoms with Crippen LogP contribution < -0.4 is 10.2 Å². The Kier molecular flexibility index (Phi) is 5.19. The Bertz CT molecular complexity index is 1030. The molecule has 0 saturated carbocycles. The minimum absolute atomic E-state index is 0.154. The van der Waals surface area contributed by atoms with E-state index < -0.39 is 11.7 Å². The zero-order valence-electron chi connectivity index (χ0n) is 15.7. The van der Waals surface area contributed by atoms with Gasteiger partial charge in [-0.1, -0.05) is 12.1 Å². The minimum Gasteiger partial charge on any atom is -0.357 e. The number of H-pyrrole nitrogens is 1. The Morgan fingerprint density at radius 1 is 1.13 bits per heavy atom. The third-order valence-corrected chi connectivity index (χ3v) is 5.03. The number of nitrogens with zero attached hydrogens (tertiary/aromatic N) is 2. The summed E-state index contributed by atoms with van der Waals surface area (Å²) in [5.74, 6) is -0.172. The van der Waals surface area contributed by atoms with E-state index in [1.165, 1.54) is 18.2 Å². The van der Waals surface area contributed by atoms with Gasteiger partial charge in [-0.15, -0.1) is 0 Å². The molecule has 0 aliphatic carbocycles. The van der Waals surface area contributed by atoms with Crippen LogP contribution in [0.1, 0.15) is 22.5 Å². The number of halogens is 4. The molecular formula is C21H18F4N4O. The first-order valence-corrected chi connectivity index (χ1v) is 9.33. The number of alkyl halides is 3. The average molecular weight is 418 g/mol. The highest BCUT2D eigenvalue weighted by Crippen LogP contribution is 2.30. The fraction of sp³-hybridized carbons (Fsp3) is 0.238. The monoisotopic (exact) mass is 418 g/mol. The molecule has 156 valence electrons. The standard InChI is InChI=1S/C21H18F4N4O/c22-16-4-1-13(2-5-16)14-9-18(26-10-14)20(30)28-17-7-8-29(12-17)19-6-3-15(11-27-19)21(23,24)25/h1-6,9-11,17,26H,7-8,12H2,(H,28,30)/t17-/m1/s1. The molecule has 1 saturated heterocycles. The fourth-order valence-corrected chi connectivity index (χ4v) is 3.42. The lowest BCUT2D eigenvalue weighted by Crippen LogP contribution is -2.37. The van der Waals surface area contributed by atoms with E-state index in [0.29, 0.717) is 31.0 Å². The van der Waals surface area contributed by atoms with Gasteiger partial charge in [0.2, 0.25) is 0 Å². The van der Waals surface area contributed by atoms with Gasteiger partial charge in [0.15, 0.2) is 0 Å². The van der Waals surface area contributed by atoms with E-state index in [4.69, 9.17) is 0 Å². The highest BCUT2D eigenvalue weighted by molar-refractivity contribution is 5.94. The number of hydrogen-bond acceptors (Lipinski definition) is 3. The molecule has 2 aromatic heterocycles. The highest BCUT2D eigenvalue weighted by atomic mass is 19.4. The quantitative estimate of drug-likeness (QED) is 0.623. The summed E-state index contributed by atoms with van der Waals surface area (Å²) in [5, 5.41) is 2.92. The second kappa shape index (κ2) is 7.81. The summed E-state index contributed by atoms with van der Waals surface area (Å²) >= 11 is 0. The molecule has 1 amide bonds. The van der Waals surface area contributed by atoms with E-state index in [2.05, 4.69) is 15.3 Å². The van der Waals surface area contributed by atoms with Crippen molar-refractivity contribution in [3.8, 4) is 11.1 Å². The van der Waals surface area contributed by atoms with Gasteiger partial charge in [0.05, 0.1) is 5.56 Å². The zero-order chi connectivity index (χ0) is 21.3. The van der Waals surface area contributed by atoms with Crippen molar-refractivity contribution >= 4 is 11.7 Å². The number of carbonyl (C=O) groups is 1. The Morgan fingerprint density at radius 3 is 2.57 bits per heavy atom. The molecule has 3 heterocycles. The van der Waals surface area contributed by atoms with Crippen molar-refractivity contribution in [1.29, 1.82) is 0 Å². The van der Waals surface area contributed by atoms with E-state index >= 15 is 0 Å². The van der Waals surface area contributed by atoms with Crippen LogP contribution in [0.3, 0.4) is 0 Å². The van der Waals surface area contributed by atoms with Gasteiger partial charge in [-0.25, -0.2) is 9.37 Å². The van der Waals surface area contributed by atoms with E-state index in [9.17, 15) is 22.4 Å². The van der Waals surface area contributed by atoms with Crippen molar-refractivity contribution < 1.29 is 22.4 Å². The van der Waals surface area contributed by atoms with E-state index in [1.807, 2.05) is 4.90 Å². The smallest absolute Gasteiger partial charge is 0.357 e. The summed E-state index contributed by atoms with van der Waals surface area (Å²) in [6.45, 7) is 1.03. The predicted octanol–water partition coefficient (Wildman–Crippen LogP) is 4.24. The van der Waals surface area contributed by atoms with Crippen molar-refractivity contribution in [3.05, 3.63) is 71.9 Å². The first-order chi connectivity index (χ1) is 14.3. The number of pyridine rings is 1. The molecule has 0 spiro atoms. The van der Waals surface area contributed by atoms with Crippen LogP contribution in [0, 0.1) is 5.82 Å². The van der Waals surface area contributed by atoms with E-state index in [0.717, 1.165) is 23.4 Å². The largest absolute Gasteiger partial charge is 0.417 e. The maximum atomic E-state index is 13.1. The molecule has 9 heteroatoms. The number of hydrogen-bond donors (Lipinski definition) is 2. The number of benzene rings is 1. The summed E-state index contributed by atoms with van der Waals surface area (Å²) in [7, 11) is 0. The molecule has 5 nitrogen and oxygen atoms in total. The van der Waals surface area contributed by atoms with Crippen LogP contribution in [-0.2, 0) is 6.18 Å². The van der Waals surface area contributed by atoms with Crippen molar-refractivity contribution in [2.45, 2.75) is 18.6 Å². The summed E-state index contributed by atoms with van der Waals surface area (Å²) in [4.78, 5) is 21.2. The van der Waals surface area contributed by atoms with Gasteiger partial charge in [0.25, 0.3) is 5.91 Å². The number of nitrogens with one attached hydrogen (secondary N) is 2. The molecule has 0 radical (unpaired) electrons. The van der Waals surface area contributed by atoms with Gasteiger partial charge < -0.3 is 15.2 Å². The van der Waals surface area contributed by atoms with Gasteiger partial charge in [-0.05, 0) is 47.9 Å². The Morgan fingerprint density at radius 2 is 1.90 bits per heavy atom. The fourth-order valence-electron chi connectivity index (χ4n) is 3.42. The van der Waals surface area contributed by atoms with Crippen LogP contribution >= 0.6 is 0 Å². The SMILES string of the molecule is O=C(N[C@@H]1CCN(c2ccc(C(F)(F)F)cn2)C1)c1cc(-c2ccc(F)cc2)c[nH]1. The average Bonchev–Trinajstić information content (AvgIpc) is 3.38. The van der Waals surface area contributed by atoms with E-state index in [-0.39, 0.29) is 17.8 Å². The number of rotatable bonds is 4. The number of aromatic amines is 1. The normalized spacial score (nSPS) is 16.7. The molecule has 1 fully saturated rings. The molecule has 0 unspecified atom stereocenters. The summed E-state index contributed by atoms with van der Waals surface area (Å²) in [5.41, 5.74) is 1.13. The van der Waals surface area contributed by atoms with Gasteiger partial charge in [0.1, 0.15) is 17.3 Å². The third kappa shape index (κ3) is 4.29. The molecule has 1 aromatic carbocycles. The summed E-state index contributed by atoms with van der Waals surface area (Å²) in [6.07, 6.45) is -1.28. The number of anilines is 1. The lowest BCUT2D eigenvalue weighted by atomic mass is 10.1. The van der Waals surface area contributed by atoms with Crippen LogP contribution in [0.15, 0.2) is 54.9 Å². The van der Waals surface area contributed by atoms with Gasteiger partial charge in [0, 0.05) is 31.5 Å². The lowest BCUT2D eigenvalue weighted by molar-refractivity contribution is -0.137.